The number of benzene rings is 1. The molecule has 0 radical (unpaired) electrons. The molecule has 0 bridgehead atoms. The Hall–Kier alpha value is -2.88. The number of fused-ring (bicyclic) bond motifs is 1. The molecule has 2 aromatic heterocycles. The van der Waals surface area contributed by atoms with E-state index in [1.54, 1.807) is 17.5 Å². The highest BCUT2D eigenvalue weighted by Crippen LogP contribution is 2.27. The minimum Gasteiger partial charge on any atom is -0.456 e. The average molecular weight is 482 g/mol. The maximum Gasteiger partial charge on any atom is 0.259 e. The summed E-state index contributed by atoms with van der Waals surface area (Å²) >= 11 is 3.12. The number of likely N-dealkylation sites (N-methyl/N-ethyl adjacent to an activating group) is 2. The molecular formula is C24H27N5O2S2. The second-order valence-electron chi connectivity index (χ2n) is 7.59. The van der Waals surface area contributed by atoms with Crippen molar-refractivity contribution in [2.75, 3.05) is 44.9 Å². The summed E-state index contributed by atoms with van der Waals surface area (Å²) < 4.78 is 6.16. The fourth-order valence-corrected chi connectivity index (χ4v) is 4.55. The summed E-state index contributed by atoms with van der Waals surface area (Å²) in [4.78, 5) is 27.0. The first-order valence-electron chi connectivity index (χ1n) is 10.7. The van der Waals surface area contributed by atoms with Gasteiger partial charge in [0.2, 0.25) is 0 Å². The second-order valence-corrected chi connectivity index (χ2v) is 9.31. The van der Waals surface area contributed by atoms with Crippen LogP contribution in [-0.4, -0.2) is 60.8 Å². The van der Waals surface area contributed by atoms with Crippen LogP contribution in [0.15, 0.2) is 59.2 Å². The van der Waals surface area contributed by atoms with Crippen LogP contribution >= 0.6 is 23.1 Å². The molecule has 0 unspecified atom stereocenters. The van der Waals surface area contributed by atoms with Crippen LogP contribution in [-0.2, 0) is 6.54 Å². The maximum absolute atomic E-state index is 13.2. The number of nitrogens with zero attached hydrogens (tertiary/aromatic N) is 4. The summed E-state index contributed by atoms with van der Waals surface area (Å²) in [6.45, 7) is 2.57. The van der Waals surface area contributed by atoms with Gasteiger partial charge in [-0.25, -0.2) is 9.97 Å². The first-order valence-corrected chi connectivity index (χ1v) is 12.8. The SMILES string of the molecule is CNC/C=C(/Oc1ccc(CN2CCN(C)c3nc(SC)ncc3C2=O)cc1)c1cccs1. The molecule has 4 rings (SSSR count). The monoisotopic (exact) mass is 481 g/mol. The predicted molar refractivity (Wildman–Crippen MR) is 135 cm³/mol. The lowest BCUT2D eigenvalue weighted by Gasteiger charge is -2.21. The van der Waals surface area contributed by atoms with E-state index in [0.717, 1.165) is 28.5 Å². The van der Waals surface area contributed by atoms with Crippen LogP contribution < -0.4 is 15.0 Å². The van der Waals surface area contributed by atoms with Gasteiger partial charge in [0.1, 0.15) is 22.9 Å². The number of carbonyl (C=O) groups is 1. The van der Waals surface area contributed by atoms with Gasteiger partial charge in [0.15, 0.2) is 5.16 Å². The van der Waals surface area contributed by atoms with E-state index in [1.807, 2.05) is 78.0 Å². The zero-order valence-electron chi connectivity index (χ0n) is 18.9. The van der Waals surface area contributed by atoms with Crippen molar-refractivity contribution in [1.29, 1.82) is 0 Å². The third-order valence-corrected chi connectivity index (χ3v) is 6.74. The number of thioether (sulfide) groups is 1. The number of amides is 1. The average Bonchev–Trinajstić information content (AvgIpc) is 3.35. The molecule has 1 amide bonds. The molecule has 1 aliphatic rings. The summed E-state index contributed by atoms with van der Waals surface area (Å²) in [7, 11) is 3.87. The standard InChI is InChI=1S/C24H27N5O2S2/c1-25-11-10-20(21-5-4-14-33-21)31-18-8-6-17(7-9-18)16-29-13-12-28(2)22-19(23(29)30)15-26-24(27-22)32-3/h4-10,14-15,25H,11-13,16H2,1-3H3/b20-10+. The molecule has 1 aliphatic heterocycles. The number of aromatic nitrogens is 2. The number of hydrogen-bond donors (Lipinski definition) is 1. The van der Waals surface area contributed by atoms with Gasteiger partial charge < -0.3 is 19.9 Å². The Bertz CT molecular complexity index is 1120. The van der Waals surface area contributed by atoms with E-state index in [4.69, 9.17) is 4.74 Å². The largest absolute Gasteiger partial charge is 0.456 e. The normalized spacial score (nSPS) is 14.3. The number of carbonyl (C=O) groups excluding carboxylic acids is 1. The quantitative estimate of drug-likeness (QED) is 0.296. The molecule has 0 atom stereocenters. The van der Waals surface area contributed by atoms with Crippen molar-refractivity contribution in [3.8, 4) is 5.75 Å². The Labute approximate surface area is 202 Å². The highest BCUT2D eigenvalue weighted by Gasteiger charge is 2.27. The van der Waals surface area contributed by atoms with E-state index < -0.39 is 0 Å². The van der Waals surface area contributed by atoms with Crippen LogP contribution in [0.3, 0.4) is 0 Å². The molecule has 3 heterocycles. The fourth-order valence-electron chi connectivity index (χ4n) is 3.51. The van der Waals surface area contributed by atoms with E-state index in [-0.39, 0.29) is 5.91 Å². The van der Waals surface area contributed by atoms with Gasteiger partial charge in [-0.3, -0.25) is 4.79 Å². The van der Waals surface area contributed by atoms with Crippen molar-refractivity contribution in [1.82, 2.24) is 20.2 Å². The zero-order chi connectivity index (χ0) is 23.2. The Morgan fingerprint density at radius 1 is 1.27 bits per heavy atom. The smallest absolute Gasteiger partial charge is 0.259 e. The van der Waals surface area contributed by atoms with Crippen molar-refractivity contribution >= 4 is 40.6 Å². The zero-order valence-corrected chi connectivity index (χ0v) is 20.6. The topological polar surface area (TPSA) is 70.6 Å². The van der Waals surface area contributed by atoms with Crippen molar-refractivity contribution < 1.29 is 9.53 Å². The van der Waals surface area contributed by atoms with Crippen molar-refractivity contribution in [2.24, 2.45) is 0 Å². The molecule has 172 valence electrons. The van der Waals surface area contributed by atoms with Crippen molar-refractivity contribution in [3.05, 3.63) is 70.1 Å². The van der Waals surface area contributed by atoms with Crippen LogP contribution in [0, 0.1) is 0 Å². The molecule has 0 fully saturated rings. The number of hydrogen-bond acceptors (Lipinski definition) is 8. The molecule has 3 aromatic rings. The van der Waals surface area contributed by atoms with Gasteiger partial charge in [0.25, 0.3) is 5.91 Å². The van der Waals surface area contributed by atoms with Crippen molar-refractivity contribution in [3.63, 3.8) is 0 Å². The predicted octanol–water partition coefficient (Wildman–Crippen LogP) is 3.99. The summed E-state index contributed by atoms with van der Waals surface area (Å²) in [5.74, 6) is 2.25. The summed E-state index contributed by atoms with van der Waals surface area (Å²) in [5.41, 5.74) is 1.59. The van der Waals surface area contributed by atoms with E-state index in [9.17, 15) is 4.79 Å². The molecule has 0 spiro atoms. The van der Waals surface area contributed by atoms with Crippen LogP contribution in [0.5, 0.6) is 5.75 Å². The molecule has 1 N–H and O–H groups in total. The number of thiophene rings is 1. The molecule has 33 heavy (non-hydrogen) atoms. The molecule has 1 aromatic carbocycles. The van der Waals surface area contributed by atoms with Crippen LogP contribution in [0.25, 0.3) is 5.76 Å². The summed E-state index contributed by atoms with van der Waals surface area (Å²) in [6, 6.07) is 12.0. The van der Waals surface area contributed by atoms with Crippen LogP contribution in [0.4, 0.5) is 5.82 Å². The minimum atomic E-state index is -0.0442. The van der Waals surface area contributed by atoms with Gasteiger partial charge in [-0.2, -0.15) is 0 Å². The van der Waals surface area contributed by atoms with Gasteiger partial charge >= 0.3 is 0 Å². The highest BCUT2D eigenvalue weighted by molar-refractivity contribution is 7.98. The van der Waals surface area contributed by atoms with Gasteiger partial charge in [-0.15, -0.1) is 11.3 Å². The molecule has 7 nitrogen and oxygen atoms in total. The Morgan fingerprint density at radius 3 is 2.79 bits per heavy atom. The Balaban J connectivity index is 1.48. The molecule has 0 saturated heterocycles. The van der Waals surface area contributed by atoms with Gasteiger partial charge in [0, 0.05) is 39.4 Å². The van der Waals surface area contributed by atoms with E-state index in [1.165, 1.54) is 11.8 Å². The first kappa shape index (κ1) is 23.3. The number of nitrogens with one attached hydrogen (secondary N) is 1. The van der Waals surface area contributed by atoms with Crippen LogP contribution in [0.2, 0.25) is 0 Å². The van der Waals surface area contributed by atoms with E-state index in [2.05, 4.69) is 15.3 Å². The number of rotatable bonds is 8. The van der Waals surface area contributed by atoms with Crippen molar-refractivity contribution in [2.45, 2.75) is 11.7 Å². The fraction of sp³-hybridized carbons (Fsp3) is 0.292. The summed E-state index contributed by atoms with van der Waals surface area (Å²) in [5, 5.41) is 5.83. The lowest BCUT2D eigenvalue weighted by molar-refractivity contribution is 0.0754. The number of ether oxygens (including phenoxy) is 1. The first-order chi connectivity index (χ1) is 16.1. The minimum absolute atomic E-state index is 0.0442. The van der Waals surface area contributed by atoms with Gasteiger partial charge in [-0.05, 0) is 48.5 Å². The number of anilines is 1. The molecule has 0 aliphatic carbocycles. The third-order valence-electron chi connectivity index (χ3n) is 5.29. The maximum atomic E-state index is 13.2. The molecular weight excluding hydrogens is 454 g/mol. The second kappa shape index (κ2) is 10.8. The van der Waals surface area contributed by atoms with E-state index in [0.29, 0.717) is 36.2 Å². The van der Waals surface area contributed by atoms with Gasteiger partial charge in [-0.1, -0.05) is 30.0 Å². The summed E-state index contributed by atoms with van der Waals surface area (Å²) in [6.07, 6.45) is 5.61. The Kier molecular flexibility index (Phi) is 7.64. The van der Waals surface area contributed by atoms with E-state index >= 15 is 0 Å². The lowest BCUT2D eigenvalue weighted by Crippen LogP contribution is -2.33. The third kappa shape index (κ3) is 5.55. The Morgan fingerprint density at radius 2 is 2.09 bits per heavy atom. The highest BCUT2D eigenvalue weighted by atomic mass is 32.2. The van der Waals surface area contributed by atoms with Gasteiger partial charge in [0.05, 0.1) is 4.88 Å². The molecule has 9 heteroatoms. The van der Waals surface area contributed by atoms with Crippen LogP contribution in [0.1, 0.15) is 20.8 Å². The lowest BCUT2D eigenvalue weighted by atomic mass is 10.2. The molecule has 0 saturated carbocycles.